The van der Waals surface area contributed by atoms with Crippen molar-refractivity contribution >= 4 is 5.97 Å². The summed E-state index contributed by atoms with van der Waals surface area (Å²) in [5.74, 6) is -0.411. The van der Waals surface area contributed by atoms with Gasteiger partial charge >= 0.3 is 5.97 Å². The molecule has 1 atom stereocenters. The topological polar surface area (TPSA) is 46.5 Å². The van der Waals surface area contributed by atoms with E-state index >= 15 is 0 Å². The standard InChI is InChI=1S/C15H20O3/c1-11(16)18-15(17)14(13-8-4-5-9-13)10-12-6-2-3-7-12/h6,8,10-11,16H,2-5,7,9H2,1H3/b14-10-. The van der Waals surface area contributed by atoms with Crippen LogP contribution >= 0.6 is 0 Å². The van der Waals surface area contributed by atoms with Gasteiger partial charge in [0.2, 0.25) is 0 Å². The zero-order valence-corrected chi connectivity index (χ0v) is 10.8. The number of allylic oxidation sites excluding steroid dienone is 4. The van der Waals surface area contributed by atoms with Gasteiger partial charge in [-0.15, -0.1) is 0 Å². The van der Waals surface area contributed by atoms with Crippen molar-refractivity contribution < 1.29 is 14.6 Å². The van der Waals surface area contributed by atoms with E-state index in [9.17, 15) is 9.90 Å². The molecule has 1 N–H and O–H groups in total. The first-order valence-electron chi connectivity index (χ1n) is 6.66. The van der Waals surface area contributed by atoms with E-state index in [1.807, 2.05) is 6.08 Å². The average molecular weight is 248 g/mol. The number of ether oxygens (including phenoxy) is 1. The Hall–Kier alpha value is -1.35. The lowest BCUT2D eigenvalue weighted by molar-refractivity contribution is -0.159. The van der Waals surface area contributed by atoms with Crippen LogP contribution in [0.3, 0.4) is 0 Å². The molecule has 3 nitrogen and oxygen atoms in total. The molecule has 2 aliphatic carbocycles. The predicted octanol–water partition coefficient (Wildman–Crippen LogP) is 3.01. The summed E-state index contributed by atoms with van der Waals surface area (Å²) >= 11 is 0. The van der Waals surface area contributed by atoms with E-state index in [2.05, 4.69) is 12.2 Å². The summed E-state index contributed by atoms with van der Waals surface area (Å²) in [5, 5.41) is 9.17. The molecule has 0 fully saturated rings. The Balaban J connectivity index is 2.19. The maximum Gasteiger partial charge on any atom is 0.340 e. The van der Waals surface area contributed by atoms with Gasteiger partial charge in [-0.3, -0.25) is 0 Å². The fraction of sp³-hybridized carbons (Fsp3) is 0.533. The Labute approximate surface area is 108 Å². The Morgan fingerprint density at radius 3 is 2.61 bits per heavy atom. The zero-order valence-electron chi connectivity index (χ0n) is 10.8. The number of carbonyl (C=O) groups is 1. The monoisotopic (exact) mass is 248 g/mol. The molecule has 0 heterocycles. The highest BCUT2D eigenvalue weighted by molar-refractivity contribution is 5.94. The number of aliphatic hydroxyl groups excluding tert-OH is 1. The molecule has 0 saturated carbocycles. The number of esters is 1. The lowest BCUT2D eigenvalue weighted by Gasteiger charge is -2.11. The second kappa shape index (κ2) is 6.01. The smallest absolute Gasteiger partial charge is 0.340 e. The Kier molecular flexibility index (Phi) is 4.37. The average Bonchev–Trinajstić information content (AvgIpc) is 2.98. The fourth-order valence-corrected chi connectivity index (χ4v) is 2.43. The van der Waals surface area contributed by atoms with Gasteiger partial charge in [0.25, 0.3) is 0 Å². The number of aliphatic hydroxyl groups is 1. The van der Waals surface area contributed by atoms with Gasteiger partial charge in [-0.2, -0.15) is 0 Å². The van der Waals surface area contributed by atoms with E-state index in [0.717, 1.165) is 44.1 Å². The highest BCUT2D eigenvalue weighted by atomic mass is 16.6. The van der Waals surface area contributed by atoms with Crippen molar-refractivity contribution in [1.82, 2.24) is 0 Å². The van der Waals surface area contributed by atoms with Crippen molar-refractivity contribution in [3.8, 4) is 0 Å². The van der Waals surface area contributed by atoms with Crippen molar-refractivity contribution in [1.29, 1.82) is 0 Å². The molecule has 1 unspecified atom stereocenters. The second-order valence-corrected chi connectivity index (χ2v) is 4.86. The third-order valence-electron chi connectivity index (χ3n) is 3.29. The molecule has 2 aliphatic rings. The number of carbonyl (C=O) groups excluding carboxylic acids is 1. The molecule has 0 aromatic heterocycles. The molecule has 0 aliphatic heterocycles. The maximum absolute atomic E-state index is 12.0. The van der Waals surface area contributed by atoms with Gasteiger partial charge < -0.3 is 9.84 Å². The molecule has 0 aromatic rings. The molecule has 0 amide bonds. The Bertz CT molecular complexity index is 413. The first kappa shape index (κ1) is 13.1. The summed E-state index contributed by atoms with van der Waals surface area (Å²) in [4.78, 5) is 12.0. The number of hydrogen-bond acceptors (Lipinski definition) is 3. The summed E-state index contributed by atoms with van der Waals surface area (Å²) in [6.45, 7) is 1.45. The third-order valence-corrected chi connectivity index (χ3v) is 3.29. The van der Waals surface area contributed by atoms with Gasteiger partial charge in [-0.25, -0.2) is 4.79 Å². The van der Waals surface area contributed by atoms with Gasteiger partial charge in [0.1, 0.15) is 0 Å². The number of rotatable bonds is 4. The summed E-state index contributed by atoms with van der Waals surface area (Å²) in [5.41, 5.74) is 2.90. The molecular formula is C15H20O3. The maximum atomic E-state index is 12.0. The van der Waals surface area contributed by atoms with Crippen LogP contribution < -0.4 is 0 Å². The highest BCUT2D eigenvalue weighted by Gasteiger charge is 2.20. The number of hydrogen-bond donors (Lipinski definition) is 1. The minimum Gasteiger partial charge on any atom is -0.433 e. The second-order valence-electron chi connectivity index (χ2n) is 4.86. The summed E-state index contributed by atoms with van der Waals surface area (Å²) in [6.07, 6.45) is 11.5. The molecule has 2 rings (SSSR count). The van der Waals surface area contributed by atoms with Gasteiger partial charge in [0.15, 0.2) is 6.29 Å². The molecule has 0 bridgehead atoms. The van der Waals surface area contributed by atoms with Crippen molar-refractivity contribution in [3.05, 3.63) is 34.9 Å². The summed E-state index contributed by atoms with van der Waals surface area (Å²) in [7, 11) is 0. The Morgan fingerprint density at radius 2 is 2.06 bits per heavy atom. The van der Waals surface area contributed by atoms with Gasteiger partial charge in [-0.05, 0) is 57.1 Å². The van der Waals surface area contributed by atoms with Crippen LogP contribution in [0.2, 0.25) is 0 Å². The van der Waals surface area contributed by atoms with Crippen molar-refractivity contribution in [2.45, 2.75) is 51.7 Å². The SMILES string of the molecule is CC(O)OC(=O)/C(=C\C1=CCCC1)C1=CCCC1. The van der Waals surface area contributed by atoms with Crippen LogP contribution in [0.1, 0.15) is 45.4 Å². The molecular weight excluding hydrogens is 228 g/mol. The van der Waals surface area contributed by atoms with Crippen LogP contribution in [0.15, 0.2) is 34.9 Å². The molecule has 98 valence electrons. The van der Waals surface area contributed by atoms with E-state index in [1.54, 1.807) is 0 Å². The van der Waals surface area contributed by atoms with E-state index in [1.165, 1.54) is 12.5 Å². The minimum absolute atomic E-state index is 0.411. The highest BCUT2D eigenvalue weighted by Crippen LogP contribution is 2.29. The van der Waals surface area contributed by atoms with E-state index in [-0.39, 0.29) is 0 Å². The molecule has 0 spiro atoms. The van der Waals surface area contributed by atoms with Crippen molar-refractivity contribution in [2.75, 3.05) is 0 Å². The predicted molar refractivity (Wildman–Crippen MR) is 69.7 cm³/mol. The van der Waals surface area contributed by atoms with Crippen LogP contribution in [-0.4, -0.2) is 17.4 Å². The Morgan fingerprint density at radius 1 is 1.33 bits per heavy atom. The van der Waals surface area contributed by atoms with E-state index in [4.69, 9.17) is 4.74 Å². The van der Waals surface area contributed by atoms with E-state index < -0.39 is 12.3 Å². The lowest BCUT2D eigenvalue weighted by Crippen LogP contribution is -2.16. The summed E-state index contributed by atoms with van der Waals surface area (Å²) in [6, 6.07) is 0. The molecule has 0 radical (unpaired) electrons. The minimum atomic E-state index is -1.06. The fourth-order valence-electron chi connectivity index (χ4n) is 2.43. The molecule has 18 heavy (non-hydrogen) atoms. The van der Waals surface area contributed by atoms with Gasteiger partial charge in [0.05, 0.1) is 5.57 Å². The van der Waals surface area contributed by atoms with Gasteiger partial charge in [-0.1, -0.05) is 17.7 Å². The normalized spacial score (nSPS) is 21.6. The van der Waals surface area contributed by atoms with Crippen LogP contribution in [-0.2, 0) is 9.53 Å². The van der Waals surface area contributed by atoms with Crippen LogP contribution in [0.5, 0.6) is 0 Å². The zero-order chi connectivity index (χ0) is 13.0. The van der Waals surface area contributed by atoms with Crippen LogP contribution in [0.25, 0.3) is 0 Å². The quantitative estimate of drug-likeness (QED) is 0.472. The summed E-state index contributed by atoms with van der Waals surface area (Å²) < 4.78 is 4.92. The molecule has 3 heteroatoms. The largest absolute Gasteiger partial charge is 0.433 e. The third kappa shape index (κ3) is 3.33. The first-order valence-corrected chi connectivity index (χ1v) is 6.66. The van der Waals surface area contributed by atoms with Crippen molar-refractivity contribution in [2.24, 2.45) is 0 Å². The van der Waals surface area contributed by atoms with Crippen LogP contribution in [0.4, 0.5) is 0 Å². The molecule has 0 saturated heterocycles. The van der Waals surface area contributed by atoms with Crippen molar-refractivity contribution in [3.63, 3.8) is 0 Å². The lowest BCUT2D eigenvalue weighted by atomic mass is 10.0. The van der Waals surface area contributed by atoms with Crippen LogP contribution in [0, 0.1) is 0 Å². The van der Waals surface area contributed by atoms with E-state index in [0.29, 0.717) is 5.57 Å². The molecule has 0 aromatic carbocycles. The van der Waals surface area contributed by atoms with Gasteiger partial charge in [0, 0.05) is 0 Å². The first-order chi connectivity index (χ1) is 8.66.